The van der Waals surface area contributed by atoms with Crippen LogP contribution in [0.1, 0.15) is 47.4 Å². The van der Waals surface area contributed by atoms with Gasteiger partial charge in [0.25, 0.3) is 11.8 Å². The van der Waals surface area contributed by atoms with Crippen molar-refractivity contribution in [2.24, 2.45) is 0 Å². The summed E-state index contributed by atoms with van der Waals surface area (Å²) < 4.78 is 0. The highest BCUT2D eigenvalue weighted by Gasteiger charge is 2.26. The zero-order valence-corrected chi connectivity index (χ0v) is 26.1. The van der Waals surface area contributed by atoms with Crippen LogP contribution in [0.4, 0.5) is 0 Å². The van der Waals surface area contributed by atoms with E-state index in [1.54, 1.807) is 24.3 Å². The lowest BCUT2D eigenvalue weighted by molar-refractivity contribution is 0.0701. The Kier molecular flexibility index (Phi) is 8.36. The topological polar surface area (TPSA) is 87.2 Å². The number of hydrogen-bond acceptors (Lipinski definition) is 5. The van der Waals surface area contributed by atoms with E-state index >= 15 is 0 Å². The van der Waals surface area contributed by atoms with Crippen LogP contribution in [0.3, 0.4) is 0 Å². The van der Waals surface area contributed by atoms with Crippen LogP contribution in [-0.4, -0.2) is 46.1 Å². The highest BCUT2D eigenvalue weighted by Crippen LogP contribution is 2.26. The zero-order chi connectivity index (χ0) is 31.0. The first-order valence-corrected chi connectivity index (χ1v) is 15.3. The van der Waals surface area contributed by atoms with Crippen molar-refractivity contribution < 1.29 is 9.59 Å². The first-order chi connectivity index (χ1) is 21.2. The Hall–Kier alpha value is -4.30. The molecule has 2 heterocycles. The molecular formula is C35H31Cl2N5O2. The largest absolute Gasteiger partial charge is 0.336 e. The minimum atomic E-state index is -0.352. The molecule has 222 valence electrons. The Labute approximate surface area is 265 Å². The second-order valence-corrected chi connectivity index (χ2v) is 11.7. The van der Waals surface area contributed by atoms with Crippen LogP contribution in [0, 0.1) is 0 Å². The molecule has 0 saturated carbocycles. The van der Waals surface area contributed by atoms with E-state index in [2.05, 4.69) is 10.6 Å². The Morgan fingerprint density at radius 3 is 1.50 bits per heavy atom. The normalized spacial score (nSPS) is 13.0. The van der Waals surface area contributed by atoms with Gasteiger partial charge < -0.3 is 10.6 Å². The maximum absolute atomic E-state index is 13.7. The van der Waals surface area contributed by atoms with Crippen molar-refractivity contribution in [3.05, 3.63) is 106 Å². The lowest BCUT2D eigenvalue weighted by Crippen LogP contribution is -2.55. The summed E-state index contributed by atoms with van der Waals surface area (Å²) in [5.41, 5.74) is 3.61. The molecule has 0 bridgehead atoms. The molecule has 2 atom stereocenters. The number of halogens is 2. The smallest absolute Gasteiger partial charge is 0.254 e. The predicted octanol–water partition coefficient (Wildman–Crippen LogP) is 7.96. The minimum absolute atomic E-state index is 0.242. The molecule has 7 nitrogen and oxygen atoms in total. The Morgan fingerprint density at radius 1 is 0.659 bits per heavy atom. The fourth-order valence-corrected chi connectivity index (χ4v) is 6.01. The number of amides is 2. The van der Waals surface area contributed by atoms with E-state index in [1.165, 1.54) is 0 Å². The lowest BCUT2D eigenvalue weighted by Gasteiger charge is -2.35. The van der Waals surface area contributed by atoms with Gasteiger partial charge >= 0.3 is 0 Å². The van der Waals surface area contributed by atoms with Crippen LogP contribution < -0.4 is 10.6 Å². The molecule has 0 saturated heterocycles. The summed E-state index contributed by atoms with van der Waals surface area (Å²) in [7, 11) is 1.90. The fourth-order valence-electron chi connectivity index (χ4n) is 5.68. The van der Waals surface area contributed by atoms with Gasteiger partial charge in [0.05, 0.1) is 45.5 Å². The molecule has 0 aliphatic carbocycles. The molecule has 0 fully saturated rings. The highest BCUT2D eigenvalue weighted by atomic mass is 35.5. The third kappa shape index (κ3) is 5.78. The molecule has 0 spiro atoms. The third-order valence-corrected chi connectivity index (χ3v) is 8.52. The summed E-state index contributed by atoms with van der Waals surface area (Å²) >= 11 is 12.4. The molecule has 9 heteroatoms. The van der Waals surface area contributed by atoms with Crippen molar-refractivity contribution in [2.75, 3.05) is 7.05 Å². The van der Waals surface area contributed by atoms with Crippen molar-refractivity contribution in [2.45, 2.75) is 39.0 Å². The zero-order valence-electron chi connectivity index (χ0n) is 24.6. The van der Waals surface area contributed by atoms with Gasteiger partial charge in [0.2, 0.25) is 0 Å². The molecule has 0 aliphatic rings. The fraction of sp³-hybridized carbons (Fsp3) is 0.200. The summed E-state index contributed by atoms with van der Waals surface area (Å²) in [6, 6.07) is 26.3. The number of benzene rings is 4. The van der Waals surface area contributed by atoms with Crippen LogP contribution in [0.2, 0.25) is 10.0 Å². The van der Waals surface area contributed by atoms with E-state index < -0.39 is 0 Å². The van der Waals surface area contributed by atoms with Gasteiger partial charge in [0, 0.05) is 31.6 Å². The van der Waals surface area contributed by atoms with Crippen molar-refractivity contribution in [1.29, 1.82) is 0 Å². The SMILES string of the molecule is CCC(NC(=O)c1cccc2cc3ccc(Cl)cc3nc12)N(C)C(CC)NC(=O)c1cccc2cc3ccc(Cl)cc3nc12. The summed E-state index contributed by atoms with van der Waals surface area (Å²) in [6.45, 7) is 4.00. The van der Waals surface area contributed by atoms with E-state index in [0.29, 0.717) is 45.0 Å². The van der Waals surface area contributed by atoms with Gasteiger partial charge in [0.1, 0.15) is 0 Å². The quantitative estimate of drug-likeness (QED) is 0.133. The summed E-state index contributed by atoms with van der Waals surface area (Å²) in [6.07, 6.45) is 0.534. The van der Waals surface area contributed by atoms with Crippen molar-refractivity contribution in [3.63, 3.8) is 0 Å². The van der Waals surface area contributed by atoms with Gasteiger partial charge in [-0.1, -0.05) is 73.4 Å². The number of para-hydroxylation sites is 2. The van der Waals surface area contributed by atoms with E-state index in [9.17, 15) is 9.59 Å². The molecule has 4 aromatic carbocycles. The average Bonchev–Trinajstić information content (AvgIpc) is 3.03. The van der Waals surface area contributed by atoms with Crippen molar-refractivity contribution >= 4 is 78.6 Å². The molecule has 44 heavy (non-hydrogen) atoms. The van der Waals surface area contributed by atoms with Gasteiger partial charge in [-0.25, -0.2) is 9.97 Å². The molecule has 6 aromatic rings. The number of nitrogens with zero attached hydrogens (tertiary/aromatic N) is 3. The summed E-state index contributed by atoms with van der Waals surface area (Å²) in [4.78, 5) is 38.9. The van der Waals surface area contributed by atoms with Crippen molar-refractivity contribution in [1.82, 2.24) is 25.5 Å². The van der Waals surface area contributed by atoms with E-state index in [-0.39, 0.29) is 24.1 Å². The number of carbonyl (C=O) groups is 2. The van der Waals surface area contributed by atoms with E-state index in [4.69, 9.17) is 33.2 Å². The molecule has 2 amide bonds. The van der Waals surface area contributed by atoms with Gasteiger partial charge in [-0.3, -0.25) is 14.5 Å². The van der Waals surface area contributed by atoms with Crippen LogP contribution >= 0.6 is 23.2 Å². The number of hydrogen-bond donors (Lipinski definition) is 2. The molecule has 2 unspecified atom stereocenters. The molecule has 2 aromatic heterocycles. The second kappa shape index (κ2) is 12.4. The van der Waals surface area contributed by atoms with Crippen molar-refractivity contribution in [3.8, 4) is 0 Å². The van der Waals surface area contributed by atoms with Crippen LogP contribution in [0.5, 0.6) is 0 Å². The van der Waals surface area contributed by atoms with E-state index in [1.807, 2.05) is 86.5 Å². The van der Waals surface area contributed by atoms with Gasteiger partial charge in [-0.15, -0.1) is 0 Å². The summed E-state index contributed by atoms with van der Waals surface area (Å²) in [5, 5.41) is 11.1. The van der Waals surface area contributed by atoms with Gasteiger partial charge in [-0.05, 0) is 68.4 Å². The first-order valence-electron chi connectivity index (χ1n) is 14.6. The maximum atomic E-state index is 13.7. The number of aromatic nitrogens is 2. The summed E-state index contributed by atoms with van der Waals surface area (Å²) in [5.74, 6) is -0.485. The number of rotatable bonds is 8. The van der Waals surface area contributed by atoms with Gasteiger partial charge in [-0.2, -0.15) is 0 Å². The Bertz CT molecular complexity index is 1920. The molecule has 0 aliphatic heterocycles. The van der Waals surface area contributed by atoms with E-state index in [0.717, 1.165) is 32.6 Å². The standard InChI is InChI=1S/C35H31Cl2N5O2/c1-4-30(40-34(43)26-10-6-8-22-16-20-12-14-24(36)18-28(20)38-32(22)26)42(3)31(5-2)41-35(44)27-11-7-9-23-17-21-13-15-25(37)19-29(21)39-33(23)27/h6-19,30-31H,4-5H2,1-3H3,(H,40,43)(H,41,44). The van der Waals surface area contributed by atoms with Gasteiger partial charge in [0.15, 0.2) is 0 Å². The van der Waals surface area contributed by atoms with Crippen LogP contribution in [-0.2, 0) is 0 Å². The molecule has 6 rings (SSSR count). The number of pyridine rings is 2. The number of fused-ring (bicyclic) bond motifs is 4. The average molecular weight is 625 g/mol. The third-order valence-electron chi connectivity index (χ3n) is 8.05. The minimum Gasteiger partial charge on any atom is -0.336 e. The van der Waals surface area contributed by atoms with Crippen LogP contribution in [0.15, 0.2) is 84.9 Å². The maximum Gasteiger partial charge on any atom is 0.254 e. The van der Waals surface area contributed by atoms with Crippen LogP contribution in [0.25, 0.3) is 43.6 Å². The monoisotopic (exact) mass is 623 g/mol. The second-order valence-electron chi connectivity index (χ2n) is 10.9. The molecule has 0 radical (unpaired) electrons. The Morgan fingerprint density at radius 2 is 1.09 bits per heavy atom. The first kappa shape index (κ1) is 29.8. The Balaban J connectivity index is 1.24. The number of carbonyl (C=O) groups excluding carboxylic acids is 2. The molecular weight excluding hydrogens is 593 g/mol. The highest BCUT2D eigenvalue weighted by molar-refractivity contribution is 6.31. The lowest BCUT2D eigenvalue weighted by atomic mass is 10.1. The molecule has 2 N–H and O–H groups in total. The number of nitrogens with one attached hydrogen (secondary N) is 2. The predicted molar refractivity (Wildman–Crippen MR) is 179 cm³/mol.